The average Bonchev–Trinajstić information content (AvgIpc) is 3.48. The summed E-state index contributed by atoms with van der Waals surface area (Å²) < 4.78 is 22.1. The number of hydrogen-bond acceptors (Lipinski definition) is 9. The number of aryl methyl sites for hydroxylation is 1. The van der Waals surface area contributed by atoms with Crippen LogP contribution in [0.3, 0.4) is 0 Å². The number of benzene rings is 4. The van der Waals surface area contributed by atoms with Crippen LogP contribution in [0, 0.1) is 11.7 Å². The second kappa shape index (κ2) is 17.1. The Bertz CT molecular complexity index is 2300. The predicted octanol–water partition coefficient (Wildman–Crippen LogP) is 6.48. The van der Waals surface area contributed by atoms with Crippen LogP contribution in [0.25, 0.3) is 0 Å². The lowest BCUT2D eigenvalue weighted by Crippen LogP contribution is -2.58. The fourth-order valence-electron chi connectivity index (χ4n) is 10.8. The lowest BCUT2D eigenvalue weighted by atomic mass is 9.69. The molecule has 5 atom stereocenters. The molecule has 0 radical (unpaired) electrons. The molecule has 4 amide bonds. The number of carbonyl (C=O) groups excluding carboxylic acids is 4. The number of aromatic hydroxyl groups is 1. The molecule has 5 aliphatic rings. The van der Waals surface area contributed by atoms with Crippen molar-refractivity contribution < 1.29 is 33.4 Å². The molecule has 318 valence electrons. The van der Waals surface area contributed by atoms with Crippen molar-refractivity contribution in [2.45, 2.75) is 82.3 Å². The maximum absolute atomic E-state index is 15.8. The molecule has 3 saturated heterocycles. The molecule has 11 nitrogen and oxygen atoms in total. The van der Waals surface area contributed by atoms with Crippen LogP contribution in [0.5, 0.6) is 11.5 Å². The van der Waals surface area contributed by atoms with Crippen molar-refractivity contribution in [3.63, 3.8) is 0 Å². The van der Waals surface area contributed by atoms with Gasteiger partial charge >= 0.3 is 0 Å². The summed E-state index contributed by atoms with van der Waals surface area (Å²) in [6.07, 6.45) is 4.24. The quantitative estimate of drug-likeness (QED) is 0.173. The van der Waals surface area contributed by atoms with Gasteiger partial charge in [0, 0.05) is 50.6 Å². The number of phenols is 1. The molecule has 0 spiro atoms. The monoisotopic (exact) mass is 827 g/mol. The van der Waals surface area contributed by atoms with E-state index in [0.29, 0.717) is 24.2 Å². The van der Waals surface area contributed by atoms with E-state index in [4.69, 9.17) is 4.74 Å². The average molecular weight is 828 g/mol. The van der Waals surface area contributed by atoms with Crippen LogP contribution in [-0.4, -0.2) is 107 Å². The summed E-state index contributed by atoms with van der Waals surface area (Å²) in [5.74, 6) is -0.747. The van der Waals surface area contributed by atoms with E-state index in [1.54, 1.807) is 0 Å². The molecule has 4 aliphatic heterocycles. The number of nitrogens with zero attached hydrogens (tertiary/aromatic N) is 4. The maximum Gasteiger partial charge on any atom is 0.262 e. The molecule has 4 heterocycles. The molecule has 2 N–H and O–H groups in total. The highest BCUT2D eigenvalue weighted by Gasteiger charge is 2.46. The van der Waals surface area contributed by atoms with Gasteiger partial charge in [-0.3, -0.25) is 39.2 Å². The number of nitrogens with one attached hydrogen (secondary N) is 1. The van der Waals surface area contributed by atoms with E-state index in [9.17, 15) is 24.3 Å². The van der Waals surface area contributed by atoms with E-state index in [1.807, 2.05) is 17.0 Å². The van der Waals surface area contributed by atoms with Crippen molar-refractivity contribution in [2.24, 2.45) is 5.92 Å². The first kappa shape index (κ1) is 40.8. The summed E-state index contributed by atoms with van der Waals surface area (Å²) in [6, 6.07) is 26.6. The number of fused-ring (bicyclic) bond motifs is 2. The van der Waals surface area contributed by atoms with Crippen molar-refractivity contribution in [3.05, 3.63) is 124 Å². The lowest BCUT2D eigenvalue weighted by molar-refractivity contribution is -0.136. The zero-order valence-corrected chi connectivity index (χ0v) is 34.9. The summed E-state index contributed by atoms with van der Waals surface area (Å²) in [5, 5.41) is 12.4. The summed E-state index contributed by atoms with van der Waals surface area (Å²) in [6.45, 7) is 10.1. The van der Waals surface area contributed by atoms with Crippen LogP contribution >= 0.6 is 0 Å². The largest absolute Gasteiger partial charge is 0.508 e. The highest BCUT2D eigenvalue weighted by atomic mass is 19.1. The number of phenolic OH excluding ortho intramolecular Hbond substituents is 1. The molecular formula is C49H54FN5O6. The van der Waals surface area contributed by atoms with E-state index in [-0.39, 0.29) is 47.7 Å². The highest BCUT2D eigenvalue weighted by Crippen LogP contribution is 2.47. The van der Waals surface area contributed by atoms with Crippen molar-refractivity contribution >= 4 is 29.3 Å². The van der Waals surface area contributed by atoms with Gasteiger partial charge in [-0.2, -0.15) is 0 Å². The van der Waals surface area contributed by atoms with Crippen molar-refractivity contribution in [3.8, 4) is 11.5 Å². The van der Waals surface area contributed by atoms with E-state index in [0.717, 1.165) is 81.7 Å². The number of piperidine rings is 2. The van der Waals surface area contributed by atoms with Gasteiger partial charge in [-0.25, -0.2) is 4.39 Å². The second-order valence-electron chi connectivity index (χ2n) is 17.7. The standard InChI is InChI=1S/C49H54FN5O6/c1-30-27-53(28-31(2)54(30)44-26-41-40(25-42(44)50)48(59)55(49(41)60)43-16-17-45(57)51-47(43)58)29-32-18-20-52(21-19-32)22-23-61-37-12-8-34(9-13-37)46-38(33-6-4-3-5-7-33)14-10-35-24-36(56)11-15-39(35)46/h3-9,11-13,15,24-26,30-32,38,43,46,56H,10,14,16-23,27-29H2,1-2H3,(H,51,57,58)/t30?,31?,38-,43?,46+/m1/s1. The number of carbonyl (C=O) groups is 4. The van der Waals surface area contributed by atoms with Gasteiger partial charge in [-0.15, -0.1) is 0 Å². The Morgan fingerprint density at radius 2 is 1.48 bits per heavy atom. The van der Waals surface area contributed by atoms with Crippen LogP contribution in [0.1, 0.15) is 101 Å². The molecular weight excluding hydrogens is 774 g/mol. The van der Waals surface area contributed by atoms with E-state index < -0.39 is 35.5 Å². The zero-order valence-electron chi connectivity index (χ0n) is 34.9. The van der Waals surface area contributed by atoms with Gasteiger partial charge < -0.3 is 14.7 Å². The van der Waals surface area contributed by atoms with Crippen LogP contribution < -0.4 is 15.0 Å². The first-order valence-corrected chi connectivity index (χ1v) is 21.9. The summed E-state index contributed by atoms with van der Waals surface area (Å²) in [4.78, 5) is 58.8. The van der Waals surface area contributed by atoms with Crippen LogP contribution in [0.4, 0.5) is 10.1 Å². The Hall–Kier alpha value is -5.59. The van der Waals surface area contributed by atoms with Crippen LogP contribution in [-0.2, 0) is 16.0 Å². The van der Waals surface area contributed by atoms with Crippen molar-refractivity contribution in [1.82, 2.24) is 20.0 Å². The van der Waals surface area contributed by atoms with E-state index >= 15 is 4.39 Å². The third-order valence-corrected chi connectivity index (χ3v) is 13.7. The molecule has 0 aromatic heterocycles. The first-order valence-electron chi connectivity index (χ1n) is 21.9. The molecule has 61 heavy (non-hydrogen) atoms. The third-order valence-electron chi connectivity index (χ3n) is 13.7. The van der Waals surface area contributed by atoms with Gasteiger partial charge in [0.25, 0.3) is 11.8 Å². The van der Waals surface area contributed by atoms with Gasteiger partial charge in [0.2, 0.25) is 11.8 Å². The van der Waals surface area contributed by atoms with Crippen molar-refractivity contribution in [1.29, 1.82) is 0 Å². The Morgan fingerprint density at radius 1 is 0.770 bits per heavy atom. The number of anilines is 1. The fraction of sp³-hybridized carbons (Fsp3) is 0.429. The molecule has 9 rings (SSSR count). The fourth-order valence-corrected chi connectivity index (χ4v) is 10.8. The number of likely N-dealkylation sites (tertiary alicyclic amines) is 1. The Balaban J connectivity index is 0.755. The number of rotatable bonds is 10. The molecule has 1 aliphatic carbocycles. The second-order valence-corrected chi connectivity index (χ2v) is 17.7. The minimum Gasteiger partial charge on any atom is -0.508 e. The minimum atomic E-state index is -1.10. The number of halogens is 1. The first-order chi connectivity index (χ1) is 29.5. The number of hydrogen-bond donors (Lipinski definition) is 2. The van der Waals surface area contributed by atoms with Crippen LogP contribution in [0.2, 0.25) is 0 Å². The number of amides is 4. The smallest absolute Gasteiger partial charge is 0.262 e. The normalized spacial score (nSPS) is 25.1. The summed E-state index contributed by atoms with van der Waals surface area (Å²) in [7, 11) is 0. The SMILES string of the molecule is CC1CN(CC2CCN(CCOc3ccc([C@@H]4c5ccc(O)cc5CC[C@@H]4c4ccccc4)cc3)CC2)CC(C)N1c1cc2c(cc1F)C(=O)N(C1CCC(=O)NC1=O)C2=O. The molecule has 0 bridgehead atoms. The molecule has 0 saturated carbocycles. The molecule has 4 aromatic carbocycles. The van der Waals surface area contributed by atoms with Gasteiger partial charge in [0.1, 0.15) is 30.0 Å². The maximum atomic E-state index is 15.8. The molecule has 3 unspecified atom stereocenters. The van der Waals surface area contributed by atoms with Crippen molar-refractivity contribution in [2.75, 3.05) is 50.8 Å². The van der Waals surface area contributed by atoms with E-state index in [2.05, 4.69) is 89.6 Å². The number of imide groups is 2. The van der Waals surface area contributed by atoms with Crippen LogP contribution in [0.15, 0.2) is 84.9 Å². The number of ether oxygens (including phenoxy) is 1. The van der Waals surface area contributed by atoms with Gasteiger partial charge in [0.15, 0.2) is 0 Å². The Morgan fingerprint density at radius 3 is 2.18 bits per heavy atom. The molecule has 12 heteroatoms. The minimum absolute atomic E-state index is 0.0235. The zero-order chi connectivity index (χ0) is 42.4. The Kier molecular flexibility index (Phi) is 11.4. The molecule has 4 aromatic rings. The van der Waals surface area contributed by atoms with E-state index in [1.165, 1.54) is 28.3 Å². The Labute approximate surface area is 356 Å². The van der Waals surface area contributed by atoms with Gasteiger partial charge in [0.05, 0.1) is 16.8 Å². The summed E-state index contributed by atoms with van der Waals surface area (Å²) in [5.41, 5.74) is 5.42. The molecule has 3 fully saturated rings. The topological polar surface area (TPSA) is 123 Å². The lowest BCUT2D eigenvalue weighted by Gasteiger charge is -2.47. The van der Waals surface area contributed by atoms with Gasteiger partial charge in [-0.1, -0.05) is 48.5 Å². The predicted molar refractivity (Wildman–Crippen MR) is 229 cm³/mol. The third kappa shape index (κ3) is 8.15. The number of piperazine rings is 1. The summed E-state index contributed by atoms with van der Waals surface area (Å²) >= 11 is 0. The highest BCUT2D eigenvalue weighted by molar-refractivity contribution is 6.23. The van der Waals surface area contributed by atoms with Gasteiger partial charge in [-0.05, 0) is 130 Å².